The SMILES string of the molecule is CC(=O)NCC1CN(S(=O)(=O)c2c(C)nn3c2CCCC3)c2cc(NC(=O)OC(C)(C)C)ccc2O1. The van der Waals surface area contributed by atoms with Gasteiger partial charge in [0.1, 0.15) is 22.4 Å². The Labute approximate surface area is 211 Å². The van der Waals surface area contributed by atoms with E-state index in [2.05, 4.69) is 15.7 Å². The Morgan fingerprint density at radius 2 is 2.00 bits per heavy atom. The van der Waals surface area contributed by atoms with Gasteiger partial charge in [0, 0.05) is 19.2 Å². The smallest absolute Gasteiger partial charge is 0.412 e. The van der Waals surface area contributed by atoms with Crippen molar-refractivity contribution in [2.75, 3.05) is 22.7 Å². The number of rotatable bonds is 5. The highest BCUT2D eigenvalue weighted by molar-refractivity contribution is 7.93. The molecule has 2 aliphatic heterocycles. The topological polar surface area (TPSA) is 132 Å². The van der Waals surface area contributed by atoms with E-state index < -0.39 is 27.8 Å². The van der Waals surface area contributed by atoms with Gasteiger partial charge in [-0.15, -0.1) is 0 Å². The van der Waals surface area contributed by atoms with Crippen LogP contribution in [0.25, 0.3) is 0 Å². The number of sulfonamides is 1. The van der Waals surface area contributed by atoms with Crippen LogP contribution in [0.5, 0.6) is 5.75 Å². The average Bonchev–Trinajstić information content (AvgIpc) is 3.12. The predicted molar refractivity (Wildman–Crippen MR) is 134 cm³/mol. The molecule has 4 rings (SSSR count). The monoisotopic (exact) mass is 519 g/mol. The van der Waals surface area contributed by atoms with Crippen LogP contribution < -0.4 is 19.7 Å². The maximum absolute atomic E-state index is 14.1. The molecular weight excluding hydrogens is 486 g/mol. The first-order chi connectivity index (χ1) is 16.8. The van der Waals surface area contributed by atoms with Gasteiger partial charge in [0.25, 0.3) is 10.0 Å². The number of benzene rings is 1. The van der Waals surface area contributed by atoms with Crippen molar-refractivity contribution in [2.45, 2.75) is 77.0 Å². The number of nitrogens with zero attached hydrogens (tertiary/aromatic N) is 3. The van der Waals surface area contributed by atoms with Gasteiger partial charge in [-0.05, 0) is 65.2 Å². The summed E-state index contributed by atoms with van der Waals surface area (Å²) < 4.78 is 42.7. The summed E-state index contributed by atoms with van der Waals surface area (Å²) in [4.78, 5) is 24.0. The Morgan fingerprint density at radius 3 is 2.69 bits per heavy atom. The van der Waals surface area contributed by atoms with Crippen LogP contribution in [0, 0.1) is 6.92 Å². The molecule has 0 saturated carbocycles. The van der Waals surface area contributed by atoms with Gasteiger partial charge >= 0.3 is 6.09 Å². The standard InChI is InChI=1S/C24H33N5O6S/c1-15-22(19-8-6-7-11-28(19)27-15)36(32,33)29-14-18(13-25-16(2)30)34-21-10-9-17(12-20(21)29)26-23(31)35-24(3,4)5/h9-10,12,18H,6-8,11,13-14H2,1-5H3,(H,25,30)(H,26,31). The lowest BCUT2D eigenvalue weighted by atomic mass is 10.1. The van der Waals surface area contributed by atoms with Crippen molar-refractivity contribution in [3.63, 3.8) is 0 Å². The minimum atomic E-state index is -4.04. The van der Waals surface area contributed by atoms with Crippen LogP contribution in [0.3, 0.4) is 0 Å². The second-order valence-electron chi connectivity index (χ2n) is 10.1. The minimum Gasteiger partial charge on any atom is -0.484 e. The highest BCUT2D eigenvalue weighted by Crippen LogP contribution is 2.40. The van der Waals surface area contributed by atoms with E-state index in [9.17, 15) is 18.0 Å². The number of hydrogen-bond acceptors (Lipinski definition) is 7. The molecule has 1 unspecified atom stereocenters. The third kappa shape index (κ3) is 5.43. The molecule has 36 heavy (non-hydrogen) atoms. The molecule has 1 atom stereocenters. The molecule has 11 nitrogen and oxygen atoms in total. The van der Waals surface area contributed by atoms with Crippen LogP contribution in [0.4, 0.5) is 16.2 Å². The van der Waals surface area contributed by atoms with Crippen molar-refractivity contribution in [1.82, 2.24) is 15.1 Å². The molecule has 2 aliphatic rings. The fraction of sp³-hybridized carbons (Fsp3) is 0.542. The van der Waals surface area contributed by atoms with E-state index in [1.165, 1.54) is 11.2 Å². The summed E-state index contributed by atoms with van der Waals surface area (Å²) in [6, 6.07) is 4.77. The van der Waals surface area contributed by atoms with Gasteiger partial charge in [-0.2, -0.15) is 5.10 Å². The van der Waals surface area contributed by atoms with Crippen LogP contribution in [0.2, 0.25) is 0 Å². The number of amides is 2. The molecule has 12 heteroatoms. The number of aryl methyl sites for hydroxylation is 2. The molecular formula is C24H33N5O6S. The van der Waals surface area contributed by atoms with E-state index >= 15 is 0 Å². The normalized spacial score (nSPS) is 17.5. The van der Waals surface area contributed by atoms with Crippen LogP contribution >= 0.6 is 0 Å². The summed E-state index contributed by atoms with van der Waals surface area (Å²) in [6.07, 6.45) is 1.21. The molecule has 0 spiro atoms. The quantitative estimate of drug-likeness (QED) is 0.621. The maximum atomic E-state index is 14.1. The lowest BCUT2D eigenvalue weighted by molar-refractivity contribution is -0.119. The van der Waals surface area contributed by atoms with Crippen molar-refractivity contribution in [1.29, 1.82) is 0 Å². The van der Waals surface area contributed by atoms with Crippen LogP contribution in [0.15, 0.2) is 23.1 Å². The van der Waals surface area contributed by atoms with E-state index in [1.54, 1.807) is 50.6 Å². The summed E-state index contributed by atoms with van der Waals surface area (Å²) >= 11 is 0. The molecule has 0 bridgehead atoms. The van der Waals surface area contributed by atoms with Gasteiger partial charge in [0.05, 0.1) is 30.2 Å². The van der Waals surface area contributed by atoms with Gasteiger partial charge in [-0.1, -0.05) is 0 Å². The lowest BCUT2D eigenvalue weighted by Crippen LogP contribution is -2.48. The molecule has 196 valence electrons. The van der Waals surface area contributed by atoms with Crippen molar-refractivity contribution in [3.8, 4) is 5.75 Å². The molecule has 1 aromatic carbocycles. The first kappa shape index (κ1) is 25.8. The molecule has 1 aromatic heterocycles. The van der Waals surface area contributed by atoms with Gasteiger partial charge in [0.15, 0.2) is 0 Å². The zero-order chi connectivity index (χ0) is 26.3. The Hall–Kier alpha value is -3.28. The third-order valence-corrected chi connectivity index (χ3v) is 7.84. The van der Waals surface area contributed by atoms with Gasteiger partial charge in [0.2, 0.25) is 5.91 Å². The molecule has 0 radical (unpaired) electrons. The first-order valence-electron chi connectivity index (χ1n) is 12.0. The number of fused-ring (bicyclic) bond motifs is 2. The van der Waals surface area contributed by atoms with E-state index in [0.717, 1.165) is 12.8 Å². The van der Waals surface area contributed by atoms with Crippen molar-refractivity contribution in [2.24, 2.45) is 0 Å². The average molecular weight is 520 g/mol. The number of carbonyl (C=O) groups is 2. The highest BCUT2D eigenvalue weighted by Gasteiger charge is 2.39. The number of nitrogens with one attached hydrogen (secondary N) is 2. The second kappa shape index (κ2) is 9.64. The van der Waals surface area contributed by atoms with E-state index in [1.807, 2.05) is 0 Å². The summed E-state index contributed by atoms with van der Waals surface area (Å²) in [5.74, 6) is 0.0888. The highest BCUT2D eigenvalue weighted by atomic mass is 32.2. The summed E-state index contributed by atoms with van der Waals surface area (Å²) in [6.45, 7) is 9.17. The molecule has 2 aromatic rings. The minimum absolute atomic E-state index is 0.0183. The summed E-state index contributed by atoms with van der Waals surface area (Å²) in [5.41, 5.74) is 1.11. The number of carbonyl (C=O) groups excluding carboxylic acids is 2. The zero-order valence-corrected chi connectivity index (χ0v) is 22.1. The summed E-state index contributed by atoms with van der Waals surface area (Å²) in [7, 11) is -4.04. The van der Waals surface area contributed by atoms with Crippen LogP contribution in [0.1, 0.15) is 51.9 Å². The van der Waals surface area contributed by atoms with Crippen LogP contribution in [-0.4, -0.2) is 55.0 Å². The van der Waals surface area contributed by atoms with E-state index in [-0.39, 0.29) is 29.6 Å². The number of anilines is 2. The maximum Gasteiger partial charge on any atom is 0.412 e. The van der Waals surface area contributed by atoms with Crippen molar-refractivity contribution < 1.29 is 27.5 Å². The molecule has 0 saturated heterocycles. The van der Waals surface area contributed by atoms with Crippen molar-refractivity contribution >= 4 is 33.4 Å². The number of ether oxygens (including phenoxy) is 2. The summed E-state index contributed by atoms with van der Waals surface area (Å²) in [5, 5.41) is 9.84. The largest absolute Gasteiger partial charge is 0.484 e. The Kier molecular flexibility index (Phi) is 6.91. The fourth-order valence-electron chi connectivity index (χ4n) is 4.44. The van der Waals surface area contributed by atoms with Gasteiger partial charge in [-0.3, -0.25) is 19.1 Å². The van der Waals surface area contributed by atoms with Crippen LogP contribution in [-0.2, 0) is 32.5 Å². The number of hydrogen-bond donors (Lipinski definition) is 2. The lowest BCUT2D eigenvalue weighted by Gasteiger charge is -2.36. The fourth-order valence-corrected chi connectivity index (χ4v) is 6.35. The van der Waals surface area contributed by atoms with Gasteiger partial charge in [-0.25, -0.2) is 13.2 Å². The predicted octanol–water partition coefficient (Wildman–Crippen LogP) is 2.97. The second-order valence-corrected chi connectivity index (χ2v) is 11.9. The van der Waals surface area contributed by atoms with E-state index in [0.29, 0.717) is 35.8 Å². The van der Waals surface area contributed by atoms with Gasteiger partial charge < -0.3 is 14.8 Å². The molecule has 3 heterocycles. The third-order valence-electron chi connectivity index (χ3n) is 5.87. The molecule has 0 fully saturated rings. The van der Waals surface area contributed by atoms with Crippen molar-refractivity contribution in [3.05, 3.63) is 29.6 Å². The molecule has 2 N–H and O–H groups in total. The Bertz CT molecular complexity index is 1280. The zero-order valence-electron chi connectivity index (χ0n) is 21.3. The molecule has 2 amide bonds. The van der Waals surface area contributed by atoms with E-state index in [4.69, 9.17) is 9.47 Å². The first-order valence-corrected chi connectivity index (χ1v) is 13.4. The number of aromatic nitrogens is 2. The Balaban J connectivity index is 1.73. The molecule has 0 aliphatic carbocycles. The Morgan fingerprint density at radius 1 is 1.25 bits per heavy atom.